The fourth-order valence-corrected chi connectivity index (χ4v) is 2.21. The van der Waals surface area contributed by atoms with Crippen LogP contribution in [0.2, 0.25) is 0 Å². The van der Waals surface area contributed by atoms with E-state index in [1.165, 1.54) is 6.07 Å². The average molecular weight is 268 g/mol. The fraction of sp³-hybridized carbons (Fsp3) is 0.500. The van der Waals surface area contributed by atoms with E-state index in [1.807, 2.05) is 11.0 Å². The van der Waals surface area contributed by atoms with Crippen LogP contribution < -0.4 is 4.90 Å². The molecule has 5 heteroatoms. The first-order valence-corrected chi connectivity index (χ1v) is 6.19. The van der Waals surface area contributed by atoms with Gasteiger partial charge in [0.15, 0.2) is 0 Å². The summed E-state index contributed by atoms with van der Waals surface area (Å²) >= 11 is 0. The number of benzene rings is 1. The second-order valence-corrected chi connectivity index (χ2v) is 5.25. The lowest BCUT2D eigenvalue weighted by Gasteiger charge is -2.43. The number of hydrogen-bond donors (Lipinski definition) is 0. The number of anilines is 1. The Morgan fingerprint density at radius 2 is 1.95 bits per heavy atom. The molecular formula is C14H15F3N2. The number of nitrogens with zero attached hydrogens (tertiary/aromatic N) is 2. The SMILES string of the molecule is CC(C)C1CN(c2ccc(C(F)(F)F)cc2C#N)C1. The molecule has 0 N–H and O–H groups in total. The van der Waals surface area contributed by atoms with Gasteiger partial charge >= 0.3 is 6.18 Å². The van der Waals surface area contributed by atoms with Crippen molar-refractivity contribution >= 4 is 5.69 Å². The van der Waals surface area contributed by atoms with Crippen molar-refractivity contribution in [3.05, 3.63) is 29.3 Å². The molecule has 0 aromatic heterocycles. The molecule has 1 saturated heterocycles. The summed E-state index contributed by atoms with van der Waals surface area (Å²) in [6.45, 7) is 5.86. The van der Waals surface area contributed by atoms with Crippen molar-refractivity contribution in [3.63, 3.8) is 0 Å². The highest BCUT2D eigenvalue weighted by Gasteiger charge is 2.34. The molecule has 1 fully saturated rings. The van der Waals surface area contributed by atoms with Gasteiger partial charge in [0.25, 0.3) is 0 Å². The van der Waals surface area contributed by atoms with Crippen molar-refractivity contribution < 1.29 is 13.2 Å². The highest BCUT2D eigenvalue weighted by Crippen LogP contribution is 2.35. The van der Waals surface area contributed by atoms with E-state index in [0.717, 1.165) is 25.2 Å². The molecule has 1 aliphatic heterocycles. The summed E-state index contributed by atoms with van der Waals surface area (Å²) in [6.07, 6.45) is -4.40. The van der Waals surface area contributed by atoms with E-state index in [9.17, 15) is 13.2 Å². The summed E-state index contributed by atoms with van der Waals surface area (Å²) in [6, 6.07) is 5.23. The fourth-order valence-electron chi connectivity index (χ4n) is 2.21. The maximum absolute atomic E-state index is 12.6. The molecule has 1 aromatic rings. The van der Waals surface area contributed by atoms with Gasteiger partial charge in [0.05, 0.1) is 16.8 Å². The van der Waals surface area contributed by atoms with Crippen LogP contribution in [0.4, 0.5) is 18.9 Å². The van der Waals surface area contributed by atoms with Crippen LogP contribution in [0, 0.1) is 23.2 Å². The molecule has 0 amide bonds. The molecule has 0 unspecified atom stereocenters. The number of hydrogen-bond acceptors (Lipinski definition) is 2. The predicted octanol–water partition coefficient (Wildman–Crippen LogP) is 3.67. The zero-order chi connectivity index (χ0) is 14.2. The molecule has 1 heterocycles. The number of halogens is 3. The van der Waals surface area contributed by atoms with Gasteiger partial charge in [-0.05, 0) is 30.0 Å². The van der Waals surface area contributed by atoms with Gasteiger partial charge in [-0.1, -0.05) is 13.8 Å². The molecule has 0 radical (unpaired) electrons. The smallest absolute Gasteiger partial charge is 0.370 e. The molecule has 0 bridgehead atoms. The van der Waals surface area contributed by atoms with Crippen molar-refractivity contribution in [2.45, 2.75) is 20.0 Å². The normalized spacial score (nSPS) is 16.4. The zero-order valence-corrected chi connectivity index (χ0v) is 10.8. The lowest BCUT2D eigenvalue weighted by molar-refractivity contribution is -0.137. The van der Waals surface area contributed by atoms with Crippen LogP contribution in [-0.2, 0) is 6.18 Å². The standard InChI is InChI=1S/C14H15F3N2/c1-9(2)11-7-19(8-11)13-4-3-12(14(15,16)17)5-10(13)6-18/h3-5,9,11H,7-8H2,1-2H3. The summed E-state index contributed by atoms with van der Waals surface area (Å²) < 4.78 is 37.7. The van der Waals surface area contributed by atoms with Gasteiger partial charge in [0, 0.05) is 13.1 Å². The summed E-state index contributed by atoms with van der Waals surface area (Å²) in [5.74, 6) is 1.10. The number of rotatable bonds is 2. The van der Waals surface area contributed by atoms with Crippen molar-refractivity contribution in [3.8, 4) is 6.07 Å². The summed E-state index contributed by atoms with van der Waals surface area (Å²) in [5.41, 5.74) is -0.0711. The average Bonchev–Trinajstić information content (AvgIpc) is 2.25. The molecule has 0 spiro atoms. The van der Waals surface area contributed by atoms with Crippen molar-refractivity contribution in [2.75, 3.05) is 18.0 Å². The first kappa shape index (κ1) is 13.7. The third-order valence-electron chi connectivity index (χ3n) is 3.64. The minimum atomic E-state index is -4.40. The molecule has 0 aliphatic carbocycles. The topological polar surface area (TPSA) is 27.0 Å². The van der Waals surface area contributed by atoms with Gasteiger partial charge in [0.1, 0.15) is 6.07 Å². The molecule has 1 aromatic carbocycles. The molecule has 1 aliphatic rings. The van der Waals surface area contributed by atoms with E-state index in [-0.39, 0.29) is 5.56 Å². The van der Waals surface area contributed by atoms with E-state index < -0.39 is 11.7 Å². The van der Waals surface area contributed by atoms with Gasteiger partial charge in [-0.15, -0.1) is 0 Å². The third kappa shape index (κ3) is 2.67. The Hall–Kier alpha value is -1.70. The summed E-state index contributed by atoms with van der Waals surface area (Å²) in [7, 11) is 0. The monoisotopic (exact) mass is 268 g/mol. The highest BCUT2D eigenvalue weighted by molar-refractivity contribution is 5.62. The van der Waals surface area contributed by atoms with Crippen molar-refractivity contribution in [2.24, 2.45) is 11.8 Å². The van der Waals surface area contributed by atoms with Gasteiger partial charge in [-0.3, -0.25) is 0 Å². The maximum Gasteiger partial charge on any atom is 0.416 e. The van der Waals surface area contributed by atoms with Crippen LogP contribution in [0.25, 0.3) is 0 Å². The van der Waals surface area contributed by atoms with Crippen molar-refractivity contribution in [1.82, 2.24) is 0 Å². The van der Waals surface area contributed by atoms with Crippen LogP contribution in [0.5, 0.6) is 0 Å². The lowest BCUT2D eigenvalue weighted by Crippen LogP contribution is -2.49. The van der Waals surface area contributed by atoms with E-state index >= 15 is 0 Å². The molecule has 2 nitrogen and oxygen atoms in total. The Morgan fingerprint density at radius 1 is 1.32 bits per heavy atom. The quantitative estimate of drug-likeness (QED) is 0.818. The summed E-state index contributed by atoms with van der Waals surface area (Å²) in [4.78, 5) is 1.96. The Labute approximate surface area is 110 Å². The largest absolute Gasteiger partial charge is 0.416 e. The van der Waals surface area contributed by atoms with E-state index in [1.54, 1.807) is 0 Å². The Bertz CT molecular complexity index is 508. The van der Waals surface area contributed by atoms with Gasteiger partial charge < -0.3 is 4.90 Å². The van der Waals surface area contributed by atoms with Crippen LogP contribution in [0.1, 0.15) is 25.0 Å². The Kier molecular flexibility index (Phi) is 3.44. The first-order valence-electron chi connectivity index (χ1n) is 6.19. The van der Waals surface area contributed by atoms with Gasteiger partial charge in [-0.2, -0.15) is 18.4 Å². The Morgan fingerprint density at radius 3 is 2.42 bits per heavy atom. The molecule has 19 heavy (non-hydrogen) atoms. The van der Waals surface area contributed by atoms with Crippen LogP contribution in [-0.4, -0.2) is 13.1 Å². The second kappa shape index (κ2) is 4.76. The van der Waals surface area contributed by atoms with E-state index in [4.69, 9.17) is 5.26 Å². The maximum atomic E-state index is 12.6. The second-order valence-electron chi connectivity index (χ2n) is 5.25. The molecule has 102 valence electrons. The first-order chi connectivity index (χ1) is 8.82. The molecule has 2 rings (SSSR count). The molecular weight excluding hydrogens is 253 g/mol. The minimum absolute atomic E-state index is 0.0945. The van der Waals surface area contributed by atoms with Crippen LogP contribution >= 0.6 is 0 Å². The van der Waals surface area contributed by atoms with Crippen LogP contribution in [0.15, 0.2) is 18.2 Å². The third-order valence-corrected chi connectivity index (χ3v) is 3.64. The summed E-state index contributed by atoms with van der Waals surface area (Å²) in [5, 5.41) is 9.01. The van der Waals surface area contributed by atoms with Crippen molar-refractivity contribution in [1.29, 1.82) is 5.26 Å². The highest BCUT2D eigenvalue weighted by atomic mass is 19.4. The Balaban J connectivity index is 2.22. The van der Waals surface area contributed by atoms with Gasteiger partial charge in [-0.25, -0.2) is 0 Å². The lowest BCUT2D eigenvalue weighted by atomic mass is 9.87. The number of alkyl halides is 3. The van der Waals surface area contributed by atoms with Crippen LogP contribution in [0.3, 0.4) is 0 Å². The number of nitriles is 1. The molecule has 0 atom stereocenters. The van der Waals surface area contributed by atoms with E-state index in [0.29, 0.717) is 17.5 Å². The van der Waals surface area contributed by atoms with Gasteiger partial charge in [0.2, 0.25) is 0 Å². The van der Waals surface area contributed by atoms with E-state index in [2.05, 4.69) is 13.8 Å². The zero-order valence-electron chi connectivity index (χ0n) is 10.8. The minimum Gasteiger partial charge on any atom is -0.370 e. The molecule has 0 saturated carbocycles. The predicted molar refractivity (Wildman–Crippen MR) is 66.7 cm³/mol.